The van der Waals surface area contributed by atoms with Gasteiger partial charge >= 0.3 is 0 Å². The lowest BCUT2D eigenvalue weighted by molar-refractivity contribution is 0.648. The fourth-order valence-corrected chi connectivity index (χ4v) is 0.848. The number of hydrogen-bond acceptors (Lipinski definition) is 1. The summed E-state index contributed by atoms with van der Waals surface area (Å²) in [6.45, 7) is 3.29. The summed E-state index contributed by atoms with van der Waals surface area (Å²) in [6.07, 6.45) is 1.41. The van der Waals surface area contributed by atoms with E-state index in [0.29, 0.717) is 5.69 Å². The fraction of sp³-hybridized carbons (Fsp3) is 0.222. The number of aryl methyl sites for hydroxylation is 1. The van der Waals surface area contributed by atoms with Gasteiger partial charge in [-0.05, 0) is 32.1 Å². The first-order valence-electron chi connectivity index (χ1n) is 3.46. The summed E-state index contributed by atoms with van der Waals surface area (Å²) in [6, 6.07) is 5.51. The molecule has 1 heterocycles. The maximum atomic E-state index is 12.3. The van der Waals surface area contributed by atoms with Crippen LogP contribution in [0.3, 0.4) is 0 Å². The third-order valence-corrected chi connectivity index (χ3v) is 1.26. The van der Waals surface area contributed by atoms with E-state index >= 15 is 0 Å². The highest BCUT2D eigenvalue weighted by Crippen LogP contribution is 2.04. The zero-order valence-corrected chi connectivity index (χ0v) is 6.63. The number of aromatic nitrogens is 1. The molecule has 0 aliphatic carbocycles. The van der Waals surface area contributed by atoms with Crippen LogP contribution in [0.2, 0.25) is 0 Å². The third-order valence-electron chi connectivity index (χ3n) is 1.26. The molecular weight excluding hydrogens is 141 g/mol. The van der Waals surface area contributed by atoms with Gasteiger partial charge in [0.05, 0.1) is 11.5 Å². The molecule has 0 saturated carbocycles. The van der Waals surface area contributed by atoms with Gasteiger partial charge in [0.15, 0.2) is 0 Å². The zero-order chi connectivity index (χ0) is 8.27. The summed E-state index contributed by atoms with van der Waals surface area (Å²) in [4.78, 5) is 4.10. The molecule has 0 aromatic carbocycles. The van der Waals surface area contributed by atoms with Crippen molar-refractivity contribution in [3.63, 3.8) is 0 Å². The Morgan fingerprint density at radius 2 is 2.27 bits per heavy atom. The van der Waals surface area contributed by atoms with Gasteiger partial charge in [0.2, 0.25) is 0 Å². The Bertz CT molecular complexity index is 275. The second-order valence-corrected chi connectivity index (χ2v) is 2.43. The van der Waals surface area contributed by atoms with E-state index in [9.17, 15) is 4.39 Å². The van der Waals surface area contributed by atoms with E-state index in [-0.39, 0.29) is 5.83 Å². The Balaban J connectivity index is 2.97. The van der Waals surface area contributed by atoms with Gasteiger partial charge in [-0.2, -0.15) is 0 Å². The van der Waals surface area contributed by atoms with Crippen LogP contribution in [-0.4, -0.2) is 4.98 Å². The minimum Gasteiger partial charge on any atom is -0.254 e. The summed E-state index contributed by atoms with van der Waals surface area (Å²) in [5.41, 5.74) is 1.57. The number of allylic oxidation sites excluding steroid dienone is 1. The SMILES string of the molecule is C/C(F)=C/c1cccc(C)n1. The lowest BCUT2D eigenvalue weighted by Crippen LogP contribution is -1.83. The van der Waals surface area contributed by atoms with Gasteiger partial charge in [-0.15, -0.1) is 0 Å². The molecule has 0 unspecified atom stereocenters. The molecule has 58 valence electrons. The van der Waals surface area contributed by atoms with E-state index < -0.39 is 0 Å². The first-order valence-corrected chi connectivity index (χ1v) is 3.46. The minimum atomic E-state index is -0.219. The number of pyridine rings is 1. The maximum absolute atomic E-state index is 12.3. The Morgan fingerprint density at radius 3 is 2.82 bits per heavy atom. The molecule has 0 saturated heterocycles. The van der Waals surface area contributed by atoms with Crippen molar-refractivity contribution in [2.75, 3.05) is 0 Å². The molecule has 2 heteroatoms. The Morgan fingerprint density at radius 1 is 1.55 bits per heavy atom. The maximum Gasteiger partial charge on any atom is 0.0990 e. The fourth-order valence-electron chi connectivity index (χ4n) is 0.848. The monoisotopic (exact) mass is 151 g/mol. The number of halogens is 1. The van der Waals surface area contributed by atoms with Crippen molar-refractivity contribution >= 4 is 6.08 Å². The minimum absolute atomic E-state index is 0.219. The van der Waals surface area contributed by atoms with Crippen molar-refractivity contribution in [3.05, 3.63) is 35.4 Å². The quantitative estimate of drug-likeness (QED) is 0.601. The molecule has 0 amide bonds. The van der Waals surface area contributed by atoms with E-state index in [0.717, 1.165) is 5.69 Å². The molecule has 0 aliphatic heterocycles. The molecular formula is C9H10FN. The Labute approximate surface area is 65.6 Å². The summed E-state index contributed by atoms with van der Waals surface area (Å²) < 4.78 is 12.3. The van der Waals surface area contributed by atoms with Crippen LogP contribution in [0, 0.1) is 6.92 Å². The summed E-state index contributed by atoms with van der Waals surface area (Å²) >= 11 is 0. The number of nitrogens with zero attached hydrogens (tertiary/aromatic N) is 1. The standard InChI is InChI=1S/C9H10FN/c1-7(10)6-9-5-3-4-8(2)11-9/h3-6H,1-2H3/b7-6-. The van der Waals surface area contributed by atoms with Crippen LogP contribution in [0.4, 0.5) is 4.39 Å². The van der Waals surface area contributed by atoms with Crippen LogP contribution in [0.5, 0.6) is 0 Å². The summed E-state index contributed by atoms with van der Waals surface area (Å²) in [5, 5.41) is 0. The van der Waals surface area contributed by atoms with Crippen molar-refractivity contribution in [1.29, 1.82) is 0 Å². The molecule has 0 fully saturated rings. The van der Waals surface area contributed by atoms with Gasteiger partial charge in [0.25, 0.3) is 0 Å². The van der Waals surface area contributed by atoms with Crippen molar-refractivity contribution < 1.29 is 4.39 Å². The van der Waals surface area contributed by atoms with Crippen LogP contribution < -0.4 is 0 Å². The molecule has 0 aliphatic rings. The molecule has 0 atom stereocenters. The van der Waals surface area contributed by atoms with Gasteiger partial charge in [-0.25, -0.2) is 4.39 Å². The van der Waals surface area contributed by atoms with Crippen molar-refractivity contribution in [1.82, 2.24) is 4.98 Å². The van der Waals surface area contributed by atoms with Crippen LogP contribution in [0.25, 0.3) is 6.08 Å². The molecule has 11 heavy (non-hydrogen) atoms. The molecule has 0 N–H and O–H groups in total. The molecule has 1 aromatic heterocycles. The largest absolute Gasteiger partial charge is 0.254 e. The van der Waals surface area contributed by atoms with Gasteiger partial charge in [0, 0.05) is 5.69 Å². The molecule has 0 bridgehead atoms. The predicted molar refractivity (Wildman–Crippen MR) is 43.7 cm³/mol. The zero-order valence-electron chi connectivity index (χ0n) is 6.63. The molecule has 1 nitrogen and oxygen atoms in total. The van der Waals surface area contributed by atoms with E-state index in [2.05, 4.69) is 4.98 Å². The molecule has 0 radical (unpaired) electrons. The lowest BCUT2D eigenvalue weighted by Gasteiger charge is -1.93. The molecule has 0 spiro atoms. The average molecular weight is 151 g/mol. The van der Waals surface area contributed by atoms with Gasteiger partial charge in [0.1, 0.15) is 0 Å². The van der Waals surface area contributed by atoms with Crippen molar-refractivity contribution in [2.45, 2.75) is 13.8 Å². The van der Waals surface area contributed by atoms with E-state index in [4.69, 9.17) is 0 Å². The smallest absolute Gasteiger partial charge is 0.0990 e. The second kappa shape index (κ2) is 3.28. The van der Waals surface area contributed by atoms with E-state index in [1.807, 2.05) is 19.1 Å². The summed E-state index contributed by atoms with van der Waals surface area (Å²) in [7, 11) is 0. The molecule has 1 rings (SSSR count). The van der Waals surface area contributed by atoms with Gasteiger partial charge < -0.3 is 0 Å². The normalized spacial score (nSPS) is 11.7. The van der Waals surface area contributed by atoms with Crippen LogP contribution >= 0.6 is 0 Å². The number of rotatable bonds is 1. The van der Waals surface area contributed by atoms with E-state index in [1.54, 1.807) is 6.07 Å². The Kier molecular flexibility index (Phi) is 2.36. The average Bonchev–Trinajstić information content (AvgIpc) is 1.85. The van der Waals surface area contributed by atoms with E-state index in [1.165, 1.54) is 13.0 Å². The highest BCUT2D eigenvalue weighted by Gasteiger charge is 1.90. The van der Waals surface area contributed by atoms with Crippen LogP contribution in [-0.2, 0) is 0 Å². The highest BCUT2D eigenvalue weighted by molar-refractivity contribution is 5.46. The van der Waals surface area contributed by atoms with Crippen LogP contribution in [0.1, 0.15) is 18.3 Å². The number of hydrogen-bond donors (Lipinski definition) is 0. The topological polar surface area (TPSA) is 12.9 Å². The van der Waals surface area contributed by atoms with Crippen molar-refractivity contribution in [2.24, 2.45) is 0 Å². The Hall–Kier alpha value is -1.18. The summed E-state index contributed by atoms with van der Waals surface area (Å²) in [5.74, 6) is -0.219. The predicted octanol–water partition coefficient (Wildman–Crippen LogP) is 2.72. The molecule has 1 aromatic rings. The third kappa shape index (κ3) is 2.50. The first-order chi connectivity index (χ1) is 5.18. The van der Waals surface area contributed by atoms with Gasteiger partial charge in [-0.3, -0.25) is 4.98 Å². The highest BCUT2D eigenvalue weighted by atomic mass is 19.1. The van der Waals surface area contributed by atoms with Crippen LogP contribution in [0.15, 0.2) is 24.0 Å². The lowest BCUT2D eigenvalue weighted by atomic mass is 10.3. The second-order valence-electron chi connectivity index (χ2n) is 2.43. The van der Waals surface area contributed by atoms with Crippen molar-refractivity contribution in [3.8, 4) is 0 Å². The van der Waals surface area contributed by atoms with Gasteiger partial charge in [-0.1, -0.05) is 6.07 Å². The first kappa shape index (κ1) is 7.92.